The van der Waals surface area contributed by atoms with Gasteiger partial charge in [-0.25, -0.2) is 0 Å². The highest BCUT2D eigenvalue weighted by Crippen LogP contribution is 2.19. The number of hydrogen-bond acceptors (Lipinski definition) is 3. The van der Waals surface area contributed by atoms with Gasteiger partial charge in [-0.3, -0.25) is 4.79 Å². The van der Waals surface area contributed by atoms with Gasteiger partial charge in [-0.05, 0) is 36.6 Å². The highest BCUT2D eigenvalue weighted by Gasteiger charge is 2.11. The molecular formula is C13H14BrNO2. The molecule has 0 unspecified atom stereocenters. The molecule has 0 aliphatic rings. The summed E-state index contributed by atoms with van der Waals surface area (Å²) in [4.78, 5) is 11.4. The summed E-state index contributed by atoms with van der Waals surface area (Å²) in [7, 11) is 0. The predicted molar refractivity (Wildman–Crippen MR) is 68.9 cm³/mol. The number of alkyl halides is 1. The molecule has 3 nitrogen and oxygen atoms in total. The van der Waals surface area contributed by atoms with Crippen LogP contribution in [0.2, 0.25) is 0 Å². The topological polar surface area (TPSA) is 50.1 Å². The Balaban J connectivity index is 3.03. The van der Waals surface area contributed by atoms with Crippen LogP contribution >= 0.6 is 15.9 Å². The van der Waals surface area contributed by atoms with Crippen LogP contribution in [0, 0.1) is 18.3 Å². The van der Waals surface area contributed by atoms with Crippen LogP contribution in [-0.4, -0.2) is 12.6 Å². The zero-order chi connectivity index (χ0) is 12.8. The molecule has 0 atom stereocenters. The highest BCUT2D eigenvalue weighted by atomic mass is 79.9. The van der Waals surface area contributed by atoms with Crippen molar-refractivity contribution in [3.8, 4) is 6.07 Å². The predicted octanol–water partition coefficient (Wildman–Crippen LogP) is 2.87. The molecule has 0 fully saturated rings. The van der Waals surface area contributed by atoms with Gasteiger partial charge in [0.05, 0.1) is 24.7 Å². The van der Waals surface area contributed by atoms with E-state index >= 15 is 0 Å². The third-order valence-corrected chi connectivity index (χ3v) is 3.06. The van der Waals surface area contributed by atoms with Gasteiger partial charge in [0.1, 0.15) is 0 Å². The molecule has 90 valence electrons. The minimum atomic E-state index is -0.237. The van der Waals surface area contributed by atoms with Crippen molar-refractivity contribution in [3.63, 3.8) is 0 Å². The SMILES string of the molecule is CCOC(=O)Cc1cc(C)c(C#N)cc1CBr. The number of aryl methyl sites for hydroxylation is 1. The molecule has 0 spiro atoms. The second kappa shape index (κ2) is 6.41. The lowest BCUT2D eigenvalue weighted by Gasteiger charge is -2.09. The number of carbonyl (C=O) groups excluding carboxylic acids is 1. The summed E-state index contributed by atoms with van der Waals surface area (Å²) in [6.07, 6.45) is 0.251. The highest BCUT2D eigenvalue weighted by molar-refractivity contribution is 9.08. The van der Waals surface area contributed by atoms with Crippen molar-refractivity contribution in [1.29, 1.82) is 5.26 Å². The second-order valence-corrected chi connectivity index (χ2v) is 4.22. The van der Waals surface area contributed by atoms with Gasteiger partial charge in [0, 0.05) is 5.33 Å². The van der Waals surface area contributed by atoms with Gasteiger partial charge in [-0.1, -0.05) is 22.0 Å². The van der Waals surface area contributed by atoms with Gasteiger partial charge < -0.3 is 4.74 Å². The molecule has 1 rings (SSSR count). The van der Waals surface area contributed by atoms with Crippen LogP contribution < -0.4 is 0 Å². The van der Waals surface area contributed by atoms with E-state index in [9.17, 15) is 4.79 Å². The summed E-state index contributed by atoms with van der Waals surface area (Å²) in [6.45, 7) is 4.04. The van der Waals surface area contributed by atoms with Gasteiger partial charge in [0.25, 0.3) is 0 Å². The van der Waals surface area contributed by atoms with E-state index < -0.39 is 0 Å². The van der Waals surface area contributed by atoms with Crippen molar-refractivity contribution < 1.29 is 9.53 Å². The first kappa shape index (κ1) is 13.7. The van der Waals surface area contributed by atoms with Crippen LogP contribution in [0.1, 0.15) is 29.2 Å². The molecule has 0 aromatic heterocycles. The molecule has 0 aliphatic heterocycles. The van der Waals surface area contributed by atoms with Crippen molar-refractivity contribution in [1.82, 2.24) is 0 Å². The van der Waals surface area contributed by atoms with Crippen molar-refractivity contribution in [2.45, 2.75) is 25.6 Å². The Kier molecular flexibility index (Phi) is 5.17. The average Bonchev–Trinajstić information content (AvgIpc) is 2.29. The smallest absolute Gasteiger partial charge is 0.310 e. The van der Waals surface area contributed by atoms with E-state index in [1.165, 1.54) is 0 Å². The van der Waals surface area contributed by atoms with Gasteiger partial charge in [0.2, 0.25) is 0 Å². The summed E-state index contributed by atoms with van der Waals surface area (Å²) >= 11 is 3.36. The third-order valence-electron chi connectivity index (χ3n) is 2.45. The Morgan fingerprint density at radius 3 is 2.71 bits per heavy atom. The fourth-order valence-corrected chi connectivity index (χ4v) is 2.11. The molecule has 1 aromatic rings. The van der Waals surface area contributed by atoms with E-state index in [1.54, 1.807) is 6.92 Å². The third kappa shape index (κ3) is 3.57. The number of ether oxygens (including phenoxy) is 1. The first-order valence-corrected chi connectivity index (χ1v) is 6.48. The second-order valence-electron chi connectivity index (χ2n) is 3.66. The molecule has 4 heteroatoms. The number of nitriles is 1. The molecule has 0 aliphatic carbocycles. The Hall–Kier alpha value is -1.34. The van der Waals surface area contributed by atoms with E-state index in [4.69, 9.17) is 10.00 Å². The molecule has 0 radical (unpaired) electrons. The summed E-state index contributed by atoms with van der Waals surface area (Å²) in [6, 6.07) is 5.84. The Morgan fingerprint density at radius 2 is 2.18 bits per heavy atom. The lowest BCUT2D eigenvalue weighted by Crippen LogP contribution is -2.09. The summed E-state index contributed by atoms with van der Waals surface area (Å²) in [5.74, 6) is -0.237. The quantitative estimate of drug-likeness (QED) is 0.634. The van der Waals surface area contributed by atoms with E-state index in [0.29, 0.717) is 17.5 Å². The number of halogens is 1. The zero-order valence-corrected chi connectivity index (χ0v) is 11.5. The van der Waals surface area contributed by atoms with Gasteiger partial charge in [-0.15, -0.1) is 0 Å². The molecule has 0 saturated carbocycles. The Bertz CT molecular complexity index is 463. The summed E-state index contributed by atoms with van der Waals surface area (Å²) in [5.41, 5.74) is 3.40. The molecule has 0 bridgehead atoms. The van der Waals surface area contributed by atoms with Crippen molar-refractivity contribution in [3.05, 3.63) is 34.4 Å². The minimum absolute atomic E-state index is 0.237. The van der Waals surface area contributed by atoms with Gasteiger partial charge >= 0.3 is 5.97 Å². The molecule has 1 aromatic carbocycles. The number of carbonyl (C=O) groups is 1. The maximum atomic E-state index is 11.4. The van der Waals surface area contributed by atoms with Crippen molar-refractivity contribution in [2.75, 3.05) is 6.61 Å². The molecule has 0 amide bonds. The maximum Gasteiger partial charge on any atom is 0.310 e. The van der Waals surface area contributed by atoms with Crippen LogP contribution in [0.3, 0.4) is 0 Å². The average molecular weight is 296 g/mol. The van der Waals surface area contributed by atoms with Crippen LogP contribution in [0.5, 0.6) is 0 Å². The first-order valence-electron chi connectivity index (χ1n) is 5.36. The van der Waals surface area contributed by atoms with Crippen molar-refractivity contribution >= 4 is 21.9 Å². The normalized spacial score (nSPS) is 9.76. The summed E-state index contributed by atoms with van der Waals surface area (Å²) in [5, 5.41) is 9.56. The largest absolute Gasteiger partial charge is 0.466 e. The van der Waals surface area contributed by atoms with E-state index in [0.717, 1.165) is 16.7 Å². The number of rotatable bonds is 4. The van der Waals surface area contributed by atoms with Gasteiger partial charge in [0.15, 0.2) is 0 Å². The maximum absolute atomic E-state index is 11.4. The number of esters is 1. The number of benzene rings is 1. The molecule has 0 saturated heterocycles. The number of hydrogen-bond donors (Lipinski definition) is 0. The van der Waals surface area contributed by atoms with E-state index in [1.807, 2.05) is 19.1 Å². The lowest BCUT2D eigenvalue weighted by atomic mass is 9.99. The molecular weight excluding hydrogens is 282 g/mol. The molecule has 17 heavy (non-hydrogen) atoms. The standard InChI is InChI=1S/C13H14BrNO2/c1-3-17-13(16)6-10-4-9(2)12(8-15)5-11(10)7-14/h4-5H,3,6-7H2,1-2H3. The Morgan fingerprint density at radius 1 is 1.47 bits per heavy atom. The van der Waals surface area contributed by atoms with Crippen LogP contribution in [0.4, 0.5) is 0 Å². The number of nitrogens with zero attached hydrogens (tertiary/aromatic N) is 1. The fraction of sp³-hybridized carbons (Fsp3) is 0.385. The van der Waals surface area contributed by atoms with Gasteiger partial charge in [-0.2, -0.15) is 5.26 Å². The molecule has 0 heterocycles. The van der Waals surface area contributed by atoms with Crippen LogP contribution in [-0.2, 0) is 21.3 Å². The van der Waals surface area contributed by atoms with E-state index in [-0.39, 0.29) is 12.4 Å². The van der Waals surface area contributed by atoms with Crippen LogP contribution in [0.15, 0.2) is 12.1 Å². The van der Waals surface area contributed by atoms with Crippen LogP contribution in [0.25, 0.3) is 0 Å². The molecule has 0 N–H and O–H groups in total. The first-order chi connectivity index (χ1) is 8.12. The zero-order valence-electron chi connectivity index (χ0n) is 9.92. The van der Waals surface area contributed by atoms with Crippen molar-refractivity contribution in [2.24, 2.45) is 0 Å². The lowest BCUT2D eigenvalue weighted by molar-refractivity contribution is -0.142. The monoisotopic (exact) mass is 295 g/mol. The Labute approximate surface area is 110 Å². The minimum Gasteiger partial charge on any atom is -0.466 e. The fourth-order valence-electron chi connectivity index (χ4n) is 1.59. The van der Waals surface area contributed by atoms with E-state index in [2.05, 4.69) is 22.0 Å². The summed E-state index contributed by atoms with van der Waals surface area (Å²) < 4.78 is 4.92.